The van der Waals surface area contributed by atoms with Gasteiger partial charge in [0.15, 0.2) is 0 Å². The number of methoxy groups -OCH3 is 1. The predicted molar refractivity (Wildman–Crippen MR) is 73.0 cm³/mol. The molecule has 2 atom stereocenters. The van der Waals surface area contributed by atoms with Crippen LogP contribution in [0.1, 0.15) is 38.8 Å². The van der Waals surface area contributed by atoms with Crippen LogP contribution in [0.3, 0.4) is 0 Å². The molecule has 1 N–H and O–H groups in total. The van der Waals surface area contributed by atoms with Gasteiger partial charge in [0.05, 0.1) is 12.1 Å². The summed E-state index contributed by atoms with van der Waals surface area (Å²) in [4.78, 5) is 0. The summed E-state index contributed by atoms with van der Waals surface area (Å²) in [6.45, 7) is 6.66. The van der Waals surface area contributed by atoms with Crippen LogP contribution in [0.15, 0.2) is 18.2 Å². The molecule has 0 spiro atoms. The molecule has 0 saturated carbocycles. The molecule has 0 aliphatic carbocycles. The molecule has 0 radical (unpaired) electrons. The highest BCUT2D eigenvalue weighted by molar-refractivity contribution is 5.24. The summed E-state index contributed by atoms with van der Waals surface area (Å²) in [5.41, 5.74) is 0.0662. The van der Waals surface area contributed by atoms with Gasteiger partial charge in [0, 0.05) is 12.7 Å². The van der Waals surface area contributed by atoms with E-state index in [4.69, 9.17) is 4.74 Å². The Kier molecular flexibility index (Phi) is 6.38. The Morgan fingerprint density at radius 1 is 1.21 bits per heavy atom. The van der Waals surface area contributed by atoms with Crippen molar-refractivity contribution in [1.29, 1.82) is 0 Å². The molecule has 19 heavy (non-hydrogen) atoms. The van der Waals surface area contributed by atoms with E-state index in [1.807, 2.05) is 20.8 Å². The third kappa shape index (κ3) is 3.98. The van der Waals surface area contributed by atoms with Gasteiger partial charge in [-0.15, -0.1) is 0 Å². The SMILES string of the molecule is CCCNC(c1c(F)cccc1F)C(OC)C(C)C. The van der Waals surface area contributed by atoms with Crippen LogP contribution in [0.25, 0.3) is 0 Å². The van der Waals surface area contributed by atoms with Gasteiger partial charge in [0.25, 0.3) is 0 Å². The number of ether oxygens (including phenoxy) is 1. The van der Waals surface area contributed by atoms with Crippen molar-refractivity contribution in [2.45, 2.75) is 39.3 Å². The van der Waals surface area contributed by atoms with E-state index in [0.717, 1.165) is 6.42 Å². The second-order valence-corrected chi connectivity index (χ2v) is 5.01. The molecular formula is C15H23F2NO. The summed E-state index contributed by atoms with van der Waals surface area (Å²) in [7, 11) is 1.57. The fourth-order valence-corrected chi connectivity index (χ4v) is 2.28. The van der Waals surface area contributed by atoms with E-state index < -0.39 is 17.7 Å². The van der Waals surface area contributed by atoms with E-state index >= 15 is 0 Å². The van der Waals surface area contributed by atoms with E-state index in [1.54, 1.807) is 7.11 Å². The largest absolute Gasteiger partial charge is 0.379 e. The average molecular weight is 271 g/mol. The molecule has 1 aromatic carbocycles. The first-order valence-corrected chi connectivity index (χ1v) is 6.73. The molecule has 0 saturated heterocycles. The van der Waals surface area contributed by atoms with Crippen LogP contribution in [0.5, 0.6) is 0 Å². The van der Waals surface area contributed by atoms with Crippen LogP contribution in [0.2, 0.25) is 0 Å². The van der Waals surface area contributed by atoms with Crippen molar-refractivity contribution in [3.8, 4) is 0 Å². The van der Waals surface area contributed by atoms with E-state index in [-0.39, 0.29) is 17.6 Å². The zero-order chi connectivity index (χ0) is 14.4. The Bertz CT molecular complexity index is 375. The van der Waals surface area contributed by atoms with Gasteiger partial charge in [-0.2, -0.15) is 0 Å². The molecule has 0 heterocycles. The van der Waals surface area contributed by atoms with Crippen LogP contribution in [-0.2, 0) is 4.74 Å². The maximum Gasteiger partial charge on any atom is 0.131 e. The minimum absolute atomic E-state index is 0.0662. The molecule has 0 aliphatic heterocycles. The predicted octanol–water partition coefficient (Wildman–Crippen LogP) is 3.68. The molecule has 0 aliphatic rings. The highest BCUT2D eigenvalue weighted by atomic mass is 19.1. The summed E-state index contributed by atoms with van der Waals surface area (Å²) < 4.78 is 33.3. The average Bonchev–Trinajstić information content (AvgIpc) is 2.35. The Morgan fingerprint density at radius 2 is 1.79 bits per heavy atom. The third-order valence-corrected chi connectivity index (χ3v) is 3.18. The monoisotopic (exact) mass is 271 g/mol. The van der Waals surface area contributed by atoms with Crippen LogP contribution in [-0.4, -0.2) is 19.8 Å². The number of rotatable bonds is 7. The molecular weight excluding hydrogens is 248 g/mol. The molecule has 0 bridgehead atoms. The number of nitrogens with one attached hydrogen (secondary N) is 1. The van der Waals surface area contributed by atoms with Crippen molar-refractivity contribution in [1.82, 2.24) is 5.32 Å². The lowest BCUT2D eigenvalue weighted by Crippen LogP contribution is -2.38. The smallest absolute Gasteiger partial charge is 0.131 e. The van der Waals surface area contributed by atoms with Gasteiger partial charge in [-0.3, -0.25) is 0 Å². The molecule has 0 fully saturated rings. The van der Waals surface area contributed by atoms with E-state index in [9.17, 15) is 8.78 Å². The van der Waals surface area contributed by atoms with Gasteiger partial charge in [0.2, 0.25) is 0 Å². The highest BCUT2D eigenvalue weighted by Gasteiger charge is 2.29. The first-order valence-electron chi connectivity index (χ1n) is 6.73. The summed E-state index contributed by atoms with van der Waals surface area (Å²) in [6, 6.07) is 3.46. The molecule has 0 aromatic heterocycles. The van der Waals surface area contributed by atoms with Gasteiger partial charge in [-0.1, -0.05) is 26.8 Å². The fourth-order valence-electron chi connectivity index (χ4n) is 2.28. The van der Waals surface area contributed by atoms with Crippen molar-refractivity contribution in [3.63, 3.8) is 0 Å². The lowest BCUT2D eigenvalue weighted by molar-refractivity contribution is 0.0306. The van der Waals surface area contributed by atoms with Crippen LogP contribution in [0, 0.1) is 17.6 Å². The number of hydrogen-bond acceptors (Lipinski definition) is 2. The minimum atomic E-state index is -0.531. The van der Waals surface area contributed by atoms with Gasteiger partial charge in [-0.25, -0.2) is 8.78 Å². The van der Waals surface area contributed by atoms with Crippen LogP contribution in [0.4, 0.5) is 8.78 Å². The number of halogens is 2. The summed E-state index contributed by atoms with van der Waals surface area (Å²) >= 11 is 0. The third-order valence-electron chi connectivity index (χ3n) is 3.18. The lowest BCUT2D eigenvalue weighted by atomic mass is 9.92. The Hall–Kier alpha value is -1.00. The van der Waals surface area contributed by atoms with Crippen LogP contribution >= 0.6 is 0 Å². The normalized spacial score (nSPS) is 14.7. The van der Waals surface area contributed by atoms with Gasteiger partial charge in [0.1, 0.15) is 11.6 Å². The van der Waals surface area contributed by atoms with E-state index in [1.165, 1.54) is 18.2 Å². The highest BCUT2D eigenvalue weighted by Crippen LogP contribution is 2.28. The Balaban J connectivity index is 3.15. The minimum Gasteiger partial charge on any atom is -0.379 e. The second kappa shape index (κ2) is 7.56. The zero-order valence-electron chi connectivity index (χ0n) is 12.0. The standard InChI is InChI=1S/C15H23F2NO/c1-5-9-18-14(15(19-4)10(2)3)13-11(16)7-6-8-12(13)17/h6-8,10,14-15,18H,5,9H2,1-4H3. The molecule has 2 nitrogen and oxygen atoms in total. The molecule has 1 rings (SSSR count). The zero-order valence-corrected chi connectivity index (χ0v) is 12.0. The maximum absolute atomic E-state index is 14.0. The first-order chi connectivity index (χ1) is 9.02. The maximum atomic E-state index is 14.0. The first kappa shape index (κ1) is 16.1. The Labute approximate surface area is 114 Å². The fraction of sp³-hybridized carbons (Fsp3) is 0.600. The summed E-state index contributed by atoms with van der Waals surface area (Å²) in [5.74, 6) is -0.911. The van der Waals surface area contributed by atoms with Gasteiger partial charge >= 0.3 is 0 Å². The van der Waals surface area contributed by atoms with Crippen LogP contribution < -0.4 is 5.32 Å². The molecule has 1 aromatic rings. The quantitative estimate of drug-likeness (QED) is 0.817. The van der Waals surface area contributed by atoms with Crippen molar-refractivity contribution in [3.05, 3.63) is 35.4 Å². The van der Waals surface area contributed by atoms with Crippen molar-refractivity contribution >= 4 is 0 Å². The van der Waals surface area contributed by atoms with Gasteiger partial charge in [-0.05, 0) is 31.0 Å². The second-order valence-electron chi connectivity index (χ2n) is 5.01. The summed E-state index contributed by atoms with van der Waals surface area (Å²) in [6.07, 6.45) is 0.610. The van der Waals surface area contributed by atoms with Crippen molar-refractivity contribution in [2.75, 3.05) is 13.7 Å². The van der Waals surface area contributed by atoms with Crippen molar-refractivity contribution in [2.24, 2.45) is 5.92 Å². The summed E-state index contributed by atoms with van der Waals surface area (Å²) in [5, 5.41) is 3.19. The topological polar surface area (TPSA) is 21.3 Å². The Morgan fingerprint density at radius 3 is 2.21 bits per heavy atom. The lowest BCUT2D eigenvalue weighted by Gasteiger charge is -2.30. The van der Waals surface area contributed by atoms with E-state index in [2.05, 4.69) is 5.32 Å². The number of benzene rings is 1. The molecule has 4 heteroatoms. The molecule has 2 unspecified atom stereocenters. The molecule has 108 valence electrons. The number of hydrogen-bond donors (Lipinski definition) is 1. The molecule has 0 amide bonds. The van der Waals surface area contributed by atoms with Crippen molar-refractivity contribution < 1.29 is 13.5 Å². The van der Waals surface area contributed by atoms with Gasteiger partial charge < -0.3 is 10.1 Å². The van der Waals surface area contributed by atoms with E-state index in [0.29, 0.717) is 6.54 Å².